The van der Waals surface area contributed by atoms with Crippen LogP contribution in [0.1, 0.15) is 16.1 Å². The lowest BCUT2D eigenvalue weighted by atomic mass is 10.2. The number of carbonyl (C=O) groups is 1. The van der Waals surface area contributed by atoms with Crippen LogP contribution in [-0.4, -0.2) is 10.9 Å². The topological polar surface area (TPSA) is 42.0 Å². The zero-order valence-corrected chi connectivity index (χ0v) is 12.5. The molecule has 0 saturated heterocycles. The van der Waals surface area contributed by atoms with Gasteiger partial charge in [-0.3, -0.25) is 4.79 Å². The number of rotatable bonds is 3. The van der Waals surface area contributed by atoms with Crippen LogP contribution in [0.2, 0.25) is 0 Å². The van der Waals surface area contributed by atoms with E-state index in [4.69, 9.17) is 0 Å². The smallest absolute Gasteiger partial charge is 0.274 e. The molecule has 3 nitrogen and oxygen atoms in total. The van der Waals surface area contributed by atoms with E-state index in [0.29, 0.717) is 5.69 Å². The van der Waals surface area contributed by atoms with E-state index in [2.05, 4.69) is 42.2 Å². The Morgan fingerprint density at radius 1 is 1.28 bits per heavy atom. The zero-order valence-electron chi connectivity index (χ0n) is 9.36. The Balaban J connectivity index is 2.13. The van der Waals surface area contributed by atoms with Gasteiger partial charge in [-0.25, -0.2) is 4.98 Å². The van der Waals surface area contributed by atoms with Crippen LogP contribution in [0.15, 0.2) is 47.1 Å². The number of nitrogens with one attached hydrogen (secondary N) is 1. The fourth-order valence-electron chi connectivity index (χ4n) is 1.44. The highest BCUT2D eigenvalue weighted by molar-refractivity contribution is 9.10. The standard InChI is InChI=1S/C13H10Br2N2O/c14-7-9-2-1-3-11(6-9)17-13(18)12-5-4-10(15)8-16-12/h1-6,8H,7H2,(H,17,18). The quantitative estimate of drug-likeness (QED) is 0.831. The lowest BCUT2D eigenvalue weighted by molar-refractivity contribution is 0.102. The van der Waals surface area contributed by atoms with Gasteiger partial charge in [0.05, 0.1) is 0 Å². The molecule has 0 aliphatic rings. The maximum absolute atomic E-state index is 11.9. The van der Waals surface area contributed by atoms with Crippen LogP contribution < -0.4 is 5.32 Å². The molecule has 0 saturated carbocycles. The molecule has 0 radical (unpaired) electrons. The maximum Gasteiger partial charge on any atom is 0.274 e. The summed E-state index contributed by atoms with van der Waals surface area (Å²) in [5.41, 5.74) is 2.26. The van der Waals surface area contributed by atoms with Gasteiger partial charge in [0.15, 0.2) is 0 Å². The molecule has 0 unspecified atom stereocenters. The predicted octanol–water partition coefficient (Wildman–Crippen LogP) is 3.99. The molecule has 2 aromatic rings. The highest BCUT2D eigenvalue weighted by Crippen LogP contribution is 2.14. The first-order chi connectivity index (χ1) is 8.69. The molecular formula is C13H10Br2N2O. The molecule has 1 aromatic heterocycles. The summed E-state index contributed by atoms with van der Waals surface area (Å²) in [5, 5.41) is 3.57. The van der Waals surface area contributed by atoms with E-state index >= 15 is 0 Å². The fraction of sp³-hybridized carbons (Fsp3) is 0.0769. The van der Waals surface area contributed by atoms with Crippen molar-refractivity contribution < 1.29 is 4.79 Å². The molecular weight excluding hydrogens is 360 g/mol. The molecule has 92 valence electrons. The second kappa shape index (κ2) is 6.11. The van der Waals surface area contributed by atoms with Crippen LogP contribution in [0, 0.1) is 0 Å². The van der Waals surface area contributed by atoms with Crippen LogP contribution in [0.4, 0.5) is 5.69 Å². The molecule has 18 heavy (non-hydrogen) atoms. The number of aromatic nitrogens is 1. The zero-order chi connectivity index (χ0) is 13.0. The third-order valence-electron chi connectivity index (χ3n) is 2.30. The van der Waals surface area contributed by atoms with Crippen molar-refractivity contribution in [3.8, 4) is 0 Å². The molecule has 5 heteroatoms. The molecule has 0 fully saturated rings. The van der Waals surface area contributed by atoms with Crippen molar-refractivity contribution in [2.24, 2.45) is 0 Å². The fourth-order valence-corrected chi connectivity index (χ4v) is 2.02. The molecule has 1 aromatic carbocycles. The predicted molar refractivity (Wildman–Crippen MR) is 79.0 cm³/mol. The first-order valence-corrected chi connectivity index (χ1v) is 7.18. The SMILES string of the molecule is O=C(Nc1cccc(CBr)c1)c1ccc(Br)cn1. The molecule has 1 N–H and O–H groups in total. The first kappa shape index (κ1) is 13.2. The Morgan fingerprint density at radius 3 is 2.78 bits per heavy atom. The monoisotopic (exact) mass is 368 g/mol. The second-order valence-electron chi connectivity index (χ2n) is 3.65. The van der Waals surface area contributed by atoms with Crippen molar-refractivity contribution in [2.45, 2.75) is 5.33 Å². The van der Waals surface area contributed by atoms with Crippen LogP contribution in [0.5, 0.6) is 0 Å². The summed E-state index contributed by atoms with van der Waals surface area (Å²) in [6.45, 7) is 0. The molecule has 0 aliphatic heterocycles. The van der Waals surface area contributed by atoms with Crippen molar-refractivity contribution in [2.75, 3.05) is 5.32 Å². The molecule has 0 atom stereocenters. The van der Waals surface area contributed by atoms with Gasteiger partial charge in [0.1, 0.15) is 5.69 Å². The van der Waals surface area contributed by atoms with Crippen molar-refractivity contribution in [3.63, 3.8) is 0 Å². The van der Waals surface area contributed by atoms with Crippen LogP contribution in [0.25, 0.3) is 0 Å². The summed E-state index contributed by atoms with van der Waals surface area (Å²) in [6.07, 6.45) is 1.60. The van der Waals surface area contributed by atoms with Gasteiger partial charge in [-0.05, 0) is 45.8 Å². The molecule has 0 bridgehead atoms. The second-order valence-corrected chi connectivity index (χ2v) is 5.13. The Kier molecular flexibility index (Phi) is 4.49. The Bertz CT molecular complexity index is 555. The van der Waals surface area contributed by atoms with Crippen LogP contribution in [-0.2, 0) is 5.33 Å². The number of halogens is 2. The van der Waals surface area contributed by atoms with Gasteiger partial charge in [-0.1, -0.05) is 28.1 Å². The van der Waals surface area contributed by atoms with Gasteiger partial charge in [0.2, 0.25) is 0 Å². The Labute approximate surface area is 122 Å². The lowest BCUT2D eigenvalue weighted by Gasteiger charge is -2.06. The lowest BCUT2D eigenvalue weighted by Crippen LogP contribution is -2.13. The number of carbonyl (C=O) groups excluding carboxylic acids is 1. The number of hydrogen-bond donors (Lipinski definition) is 1. The number of alkyl halides is 1. The Morgan fingerprint density at radius 2 is 2.11 bits per heavy atom. The van der Waals surface area contributed by atoms with E-state index in [-0.39, 0.29) is 5.91 Å². The van der Waals surface area contributed by atoms with Crippen molar-refractivity contribution in [1.82, 2.24) is 4.98 Å². The summed E-state index contributed by atoms with van der Waals surface area (Å²) < 4.78 is 0.848. The average Bonchev–Trinajstić information content (AvgIpc) is 2.39. The van der Waals surface area contributed by atoms with Gasteiger partial charge in [0.25, 0.3) is 5.91 Å². The number of nitrogens with zero attached hydrogens (tertiary/aromatic N) is 1. The van der Waals surface area contributed by atoms with Gasteiger partial charge in [-0.2, -0.15) is 0 Å². The van der Waals surface area contributed by atoms with Gasteiger partial charge >= 0.3 is 0 Å². The molecule has 2 rings (SSSR count). The number of amides is 1. The largest absolute Gasteiger partial charge is 0.321 e. The first-order valence-electron chi connectivity index (χ1n) is 5.27. The minimum Gasteiger partial charge on any atom is -0.321 e. The average molecular weight is 370 g/mol. The van der Waals surface area contributed by atoms with Crippen LogP contribution in [0.3, 0.4) is 0 Å². The number of benzene rings is 1. The summed E-state index contributed by atoms with van der Waals surface area (Å²) >= 11 is 6.66. The molecule has 0 aliphatic carbocycles. The molecule has 1 amide bonds. The van der Waals surface area contributed by atoms with E-state index in [9.17, 15) is 4.79 Å². The molecule has 1 heterocycles. The van der Waals surface area contributed by atoms with Crippen molar-refractivity contribution in [1.29, 1.82) is 0 Å². The van der Waals surface area contributed by atoms with E-state index in [1.807, 2.05) is 24.3 Å². The normalized spacial score (nSPS) is 10.1. The number of anilines is 1. The van der Waals surface area contributed by atoms with Gasteiger partial charge in [-0.15, -0.1) is 0 Å². The van der Waals surface area contributed by atoms with E-state index in [0.717, 1.165) is 21.1 Å². The van der Waals surface area contributed by atoms with E-state index in [1.165, 1.54) is 0 Å². The summed E-state index contributed by atoms with van der Waals surface area (Å²) in [4.78, 5) is 16.0. The van der Waals surface area contributed by atoms with Crippen molar-refractivity contribution >= 4 is 43.5 Å². The van der Waals surface area contributed by atoms with E-state index in [1.54, 1.807) is 18.3 Å². The third kappa shape index (κ3) is 3.40. The maximum atomic E-state index is 11.9. The third-order valence-corrected chi connectivity index (χ3v) is 3.42. The van der Waals surface area contributed by atoms with Gasteiger partial charge in [0, 0.05) is 21.7 Å². The highest BCUT2D eigenvalue weighted by Gasteiger charge is 2.07. The highest BCUT2D eigenvalue weighted by atomic mass is 79.9. The molecule has 0 spiro atoms. The number of hydrogen-bond acceptors (Lipinski definition) is 2. The minimum absolute atomic E-state index is 0.214. The van der Waals surface area contributed by atoms with Crippen LogP contribution >= 0.6 is 31.9 Å². The summed E-state index contributed by atoms with van der Waals surface area (Å²) in [6, 6.07) is 11.1. The van der Waals surface area contributed by atoms with Gasteiger partial charge < -0.3 is 5.32 Å². The number of pyridine rings is 1. The van der Waals surface area contributed by atoms with E-state index < -0.39 is 0 Å². The summed E-state index contributed by atoms with van der Waals surface area (Å²) in [7, 11) is 0. The summed E-state index contributed by atoms with van der Waals surface area (Å²) in [5.74, 6) is -0.214. The minimum atomic E-state index is -0.214. The van der Waals surface area contributed by atoms with Crippen molar-refractivity contribution in [3.05, 3.63) is 58.3 Å². The Hall–Kier alpha value is -1.20.